The van der Waals surface area contributed by atoms with Crippen LogP contribution in [0.2, 0.25) is 0 Å². The molecule has 1 fully saturated rings. The van der Waals surface area contributed by atoms with Crippen molar-refractivity contribution in [3.05, 3.63) is 35.4 Å². The van der Waals surface area contributed by atoms with Gasteiger partial charge in [-0.05, 0) is 44.8 Å². The van der Waals surface area contributed by atoms with Gasteiger partial charge in [0.05, 0.1) is 0 Å². The molecule has 0 bridgehead atoms. The van der Waals surface area contributed by atoms with E-state index in [2.05, 4.69) is 36.1 Å². The molecule has 0 aromatic heterocycles. The van der Waals surface area contributed by atoms with Crippen LogP contribution in [0.15, 0.2) is 24.3 Å². The lowest BCUT2D eigenvalue weighted by Gasteiger charge is -2.34. The topological polar surface area (TPSA) is 29.3 Å². The van der Waals surface area contributed by atoms with Crippen molar-refractivity contribution in [1.82, 2.24) is 4.90 Å². The van der Waals surface area contributed by atoms with Gasteiger partial charge >= 0.3 is 0 Å². The average Bonchev–Trinajstić information content (AvgIpc) is 2.46. The highest BCUT2D eigenvalue weighted by Crippen LogP contribution is 2.24. The Hall–Kier alpha value is -0.860. The summed E-state index contributed by atoms with van der Waals surface area (Å²) in [6.07, 6.45) is 8.08. The summed E-state index contributed by atoms with van der Waals surface area (Å²) in [6.45, 7) is 5.19. The normalized spacial score (nSPS) is 17.0. The van der Waals surface area contributed by atoms with E-state index < -0.39 is 0 Å². The second kappa shape index (κ2) is 7.66. The molecular weight excluding hydrogens is 232 g/mol. The lowest BCUT2D eigenvalue weighted by Crippen LogP contribution is -2.37. The number of hydrogen-bond acceptors (Lipinski definition) is 2. The van der Waals surface area contributed by atoms with Gasteiger partial charge in [0, 0.05) is 12.6 Å². The molecule has 106 valence electrons. The summed E-state index contributed by atoms with van der Waals surface area (Å²) in [5.41, 5.74) is 8.47. The Kier molecular flexibility index (Phi) is 5.87. The van der Waals surface area contributed by atoms with E-state index in [-0.39, 0.29) is 0 Å². The van der Waals surface area contributed by atoms with E-state index in [4.69, 9.17) is 5.73 Å². The predicted octanol–water partition coefficient (Wildman–Crippen LogP) is 3.48. The first kappa shape index (κ1) is 14.5. The Balaban J connectivity index is 1.97. The van der Waals surface area contributed by atoms with Crippen LogP contribution in [-0.4, -0.2) is 24.0 Å². The van der Waals surface area contributed by atoms with Gasteiger partial charge in [-0.1, -0.05) is 49.1 Å². The van der Waals surface area contributed by atoms with Gasteiger partial charge in [-0.15, -0.1) is 0 Å². The second-order valence-corrected chi connectivity index (χ2v) is 5.89. The van der Waals surface area contributed by atoms with Gasteiger partial charge in [-0.3, -0.25) is 4.90 Å². The van der Waals surface area contributed by atoms with Crippen molar-refractivity contribution in [1.29, 1.82) is 0 Å². The van der Waals surface area contributed by atoms with Crippen LogP contribution >= 0.6 is 0 Å². The molecule has 0 radical (unpaired) electrons. The standard InChI is InChI=1S/C17H28N2/c1-15-8-10-16(11-9-15)14-19(13-5-12-18)17-6-3-2-4-7-17/h8-11,17H,2-7,12-14,18H2,1H3. The van der Waals surface area contributed by atoms with Crippen LogP contribution in [0.5, 0.6) is 0 Å². The van der Waals surface area contributed by atoms with Crippen molar-refractivity contribution in [2.24, 2.45) is 5.73 Å². The average molecular weight is 260 g/mol. The highest BCUT2D eigenvalue weighted by atomic mass is 15.2. The van der Waals surface area contributed by atoms with Crippen molar-refractivity contribution in [2.45, 2.75) is 58.0 Å². The van der Waals surface area contributed by atoms with Gasteiger partial charge in [-0.2, -0.15) is 0 Å². The molecule has 2 N–H and O–H groups in total. The maximum absolute atomic E-state index is 5.69. The van der Waals surface area contributed by atoms with Crippen LogP contribution in [0.25, 0.3) is 0 Å². The first-order chi connectivity index (χ1) is 9.29. The molecular formula is C17H28N2. The molecule has 0 aliphatic heterocycles. The maximum atomic E-state index is 5.69. The summed E-state index contributed by atoms with van der Waals surface area (Å²) >= 11 is 0. The molecule has 1 aliphatic rings. The number of nitrogens with zero attached hydrogens (tertiary/aromatic N) is 1. The molecule has 1 aliphatic carbocycles. The van der Waals surface area contributed by atoms with Gasteiger partial charge in [0.2, 0.25) is 0 Å². The molecule has 2 heteroatoms. The van der Waals surface area contributed by atoms with Gasteiger partial charge in [0.15, 0.2) is 0 Å². The van der Waals surface area contributed by atoms with Gasteiger partial charge in [0.25, 0.3) is 0 Å². The number of benzene rings is 1. The highest BCUT2D eigenvalue weighted by molar-refractivity contribution is 5.21. The molecule has 19 heavy (non-hydrogen) atoms. The quantitative estimate of drug-likeness (QED) is 0.848. The highest BCUT2D eigenvalue weighted by Gasteiger charge is 2.20. The molecule has 0 unspecified atom stereocenters. The van der Waals surface area contributed by atoms with E-state index >= 15 is 0 Å². The minimum atomic E-state index is 0.779. The third-order valence-electron chi connectivity index (χ3n) is 4.25. The molecule has 0 spiro atoms. The van der Waals surface area contributed by atoms with E-state index in [9.17, 15) is 0 Å². The third-order valence-corrected chi connectivity index (χ3v) is 4.25. The lowest BCUT2D eigenvalue weighted by molar-refractivity contribution is 0.147. The van der Waals surface area contributed by atoms with E-state index in [0.29, 0.717) is 0 Å². The molecule has 0 amide bonds. The molecule has 0 saturated heterocycles. The summed E-state index contributed by atoms with van der Waals surface area (Å²) in [5, 5.41) is 0. The maximum Gasteiger partial charge on any atom is 0.0236 e. The monoisotopic (exact) mass is 260 g/mol. The molecule has 0 atom stereocenters. The lowest BCUT2D eigenvalue weighted by atomic mass is 9.93. The fourth-order valence-electron chi connectivity index (χ4n) is 3.06. The van der Waals surface area contributed by atoms with Crippen LogP contribution in [0.3, 0.4) is 0 Å². The fourth-order valence-corrected chi connectivity index (χ4v) is 3.06. The largest absolute Gasteiger partial charge is 0.330 e. The van der Waals surface area contributed by atoms with E-state index in [1.807, 2.05) is 0 Å². The van der Waals surface area contributed by atoms with E-state index in [1.165, 1.54) is 43.2 Å². The smallest absolute Gasteiger partial charge is 0.0236 e. The summed E-state index contributed by atoms with van der Waals surface area (Å²) in [4.78, 5) is 2.66. The van der Waals surface area contributed by atoms with Crippen molar-refractivity contribution in [3.63, 3.8) is 0 Å². The number of aryl methyl sites for hydroxylation is 1. The zero-order valence-electron chi connectivity index (χ0n) is 12.3. The molecule has 0 heterocycles. The Morgan fingerprint density at radius 1 is 1.11 bits per heavy atom. The first-order valence-corrected chi connectivity index (χ1v) is 7.79. The SMILES string of the molecule is Cc1ccc(CN(CCCN)C2CCCCC2)cc1. The zero-order chi connectivity index (χ0) is 13.5. The molecule has 2 rings (SSSR count). The number of hydrogen-bond donors (Lipinski definition) is 1. The number of nitrogens with two attached hydrogens (primary N) is 1. The van der Waals surface area contributed by atoms with Crippen molar-refractivity contribution in [3.8, 4) is 0 Å². The summed E-state index contributed by atoms with van der Waals surface area (Å²) in [6, 6.07) is 9.76. The Labute approximate surface area is 118 Å². The van der Waals surface area contributed by atoms with Crippen LogP contribution in [0.4, 0.5) is 0 Å². The summed E-state index contributed by atoms with van der Waals surface area (Å²) in [7, 11) is 0. The van der Waals surface area contributed by atoms with Crippen LogP contribution < -0.4 is 5.73 Å². The molecule has 1 aromatic rings. The first-order valence-electron chi connectivity index (χ1n) is 7.79. The van der Waals surface area contributed by atoms with Crippen LogP contribution in [0.1, 0.15) is 49.7 Å². The molecule has 1 saturated carbocycles. The minimum Gasteiger partial charge on any atom is -0.330 e. The van der Waals surface area contributed by atoms with Crippen molar-refractivity contribution >= 4 is 0 Å². The minimum absolute atomic E-state index is 0.779. The second-order valence-electron chi connectivity index (χ2n) is 5.89. The van der Waals surface area contributed by atoms with Gasteiger partial charge in [-0.25, -0.2) is 0 Å². The van der Waals surface area contributed by atoms with Crippen LogP contribution in [0, 0.1) is 6.92 Å². The summed E-state index contributed by atoms with van der Waals surface area (Å²) in [5.74, 6) is 0. The Morgan fingerprint density at radius 2 is 1.79 bits per heavy atom. The third kappa shape index (κ3) is 4.63. The van der Waals surface area contributed by atoms with Gasteiger partial charge in [0.1, 0.15) is 0 Å². The molecule has 2 nitrogen and oxygen atoms in total. The number of rotatable bonds is 6. The Bertz CT molecular complexity index is 352. The van der Waals surface area contributed by atoms with Crippen LogP contribution in [-0.2, 0) is 6.54 Å². The summed E-state index contributed by atoms with van der Waals surface area (Å²) < 4.78 is 0. The predicted molar refractivity (Wildman–Crippen MR) is 82.1 cm³/mol. The van der Waals surface area contributed by atoms with Crippen molar-refractivity contribution < 1.29 is 0 Å². The fraction of sp³-hybridized carbons (Fsp3) is 0.647. The van der Waals surface area contributed by atoms with E-state index in [0.717, 1.165) is 32.1 Å². The molecule has 1 aromatic carbocycles. The van der Waals surface area contributed by atoms with Gasteiger partial charge < -0.3 is 5.73 Å². The Morgan fingerprint density at radius 3 is 2.42 bits per heavy atom. The zero-order valence-corrected chi connectivity index (χ0v) is 12.3. The van der Waals surface area contributed by atoms with Crippen molar-refractivity contribution in [2.75, 3.05) is 13.1 Å². The van der Waals surface area contributed by atoms with E-state index in [1.54, 1.807) is 0 Å².